The van der Waals surface area contributed by atoms with Crippen molar-refractivity contribution >= 4 is 17.1 Å². The van der Waals surface area contributed by atoms with Gasteiger partial charge < -0.3 is 15.6 Å². The standard InChI is InChI=1S/C11H14FN5O3/c1-11(12)2-5(3-18)20-9(11)17-4-14-6-7(17)15-10(13)16-8(6)19/h4-5,9,18H,2-3H2,1H3,(H3,13,15,16,19)/t5-,9+,11+/m0/s1. The van der Waals surface area contributed by atoms with E-state index in [9.17, 15) is 9.18 Å². The number of H-pyrrole nitrogens is 1. The van der Waals surface area contributed by atoms with Crippen LogP contribution in [0.4, 0.5) is 10.3 Å². The number of aliphatic hydroxyl groups excluding tert-OH is 1. The molecule has 8 nitrogen and oxygen atoms in total. The number of aromatic amines is 1. The largest absolute Gasteiger partial charge is 0.394 e. The smallest absolute Gasteiger partial charge is 0.280 e. The monoisotopic (exact) mass is 283 g/mol. The summed E-state index contributed by atoms with van der Waals surface area (Å²) in [5, 5.41) is 9.11. The molecular formula is C11H14FN5O3. The fourth-order valence-corrected chi connectivity index (χ4v) is 2.50. The lowest BCUT2D eigenvalue weighted by Gasteiger charge is -2.22. The number of imidazole rings is 1. The van der Waals surface area contributed by atoms with Crippen LogP contribution in [0.1, 0.15) is 19.6 Å². The normalized spacial score (nSPS) is 30.1. The molecule has 0 bridgehead atoms. The molecular weight excluding hydrogens is 269 g/mol. The van der Waals surface area contributed by atoms with Crippen molar-refractivity contribution in [3.63, 3.8) is 0 Å². The van der Waals surface area contributed by atoms with Gasteiger partial charge in [-0.2, -0.15) is 4.98 Å². The summed E-state index contributed by atoms with van der Waals surface area (Å²) >= 11 is 0. The highest BCUT2D eigenvalue weighted by Gasteiger charge is 2.47. The zero-order chi connectivity index (χ0) is 14.5. The molecule has 0 radical (unpaired) electrons. The molecule has 108 valence electrons. The number of nitrogens with one attached hydrogen (secondary N) is 1. The van der Waals surface area contributed by atoms with Gasteiger partial charge in [-0.1, -0.05) is 0 Å². The van der Waals surface area contributed by atoms with Crippen LogP contribution in [0.5, 0.6) is 0 Å². The number of nitrogens with two attached hydrogens (primary N) is 1. The lowest BCUT2D eigenvalue weighted by Crippen LogP contribution is -2.27. The Bertz CT molecular complexity index is 710. The number of aliphatic hydroxyl groups is 1. The molecule has 1 aliphatic rings. The van der Waals surface area contributed by atoms with Crippen molar-refractivity contribution in [2.75, 3.05) is 12.3 Å². The minimum atomic E-state index is -1.71. The van der Waals surface area contributed by atoms with Gasteiger partial charge in [0, 0.05) is 6.42 Å². The third-order valence-electron chi connectivity index (χ3n) is 3.37. The van der Waals surface area contributed by atoms with Gasteiger partial charge in [0.2, 0.25) is 5.95 Å². The quantitative estimate of drug-likeness (QED) is 0.696. The van der Waals surface area contributed by atoms with Crippen molar-refractivity contribution in [2.45, 2.75) is 31.3 Å². The van der Waals surface area contributed by atoms with E-state index in [0.717, 1.165) is 0 Å². The molecule has 0 unspecified atom stereocenters. The second-order valence-electron chi connectivity index (χ2n) is 5.05. The van der Waals surface area contributed by atoms with E-state index in [4.69, 9.17) is 15.6 Å². The maximum Gasteiger partial charge on any atom is 0.280 e. The molecule has 3 atom stereocenters. The average molecular weight is 283 g/mol. The lowest BCUT2D eigenvalue weighted by molar-refractivity contribution is -0.0565. The van der Waals surface area contributed by atoms with E-state index in [1.54, 1.807) is 0 Å². The minimum absolute atomic E-state index is 0.0481. The third-order valence-corrected chi connectivity index (χ3v) is 3.37. The van der Waals surface area contributed by atoms with E-state index in [2.05, 4.69) is 15.0 Å². The lowest BCUT2D eigenvalue weighted by atomic mass is 10.0. The zero-order valence-electron chi connectivity index (χ0n) is 10.7. The Morgan fingerprint density at radius 3 is 3.15 bits per heavy atom. The van der Waals surface area contributed by atoms with E-state index in [0.29, 0.717) is 0 Å². The van der Waals surface area contributed by atoms with Crippen LogP contribution in [0, 0.1) is 0 Å². The fraction of sp³-hybridized carbons (Fsp3) is 0.545. The van der Waals surface area contributed by atoms with E-state index in [1.807, 2.05) is 0 Å². The predicted octanol–water partition coefficient (Wildman–Crippen LogP) is -0.290. The van der Waals surface area contributed by atoms with Gasteiger partial charge in [0.25, 0.3) is 5.56 Å². The third kappa shape index (κ3) is 1.86. The second-order valence-corrected chi connectivity index (χ2v) is 5.05. The number of anilines is 1. The summed E-state index contributed by atoms with van der Waals surface area (Å²) in [6.07, 6.45) is -0.286. The molecule has 1 saturated heterocycles. The van der Waals surface area contributed by atoms with Crippen molar-refractivity contribution in [1.29, 1.82) is 0 Å². The summed E-state index contributed by atoms with van der Waals surface area (Å²) < 4.78 is 21.4. The Balaban J connectivity index is 2.13. The number of nitrogens with zero attached hydrogens (tertiary/aromatic N) is 3. The SMILES string of the molecule is C[C@@]1(F)C[C@@H](CO)O[C@H]1n1cnc2c(=O)[nH]c(N)nc21. The first-order valence-corrected chi connectivity index (χ1v) is 6.10. The van der Waals surface area contributed by atoms with Crippen molar-refractivity contribution in [3.05, 3.63) is 16.7 Å². The highest BCUT2D eigenvalue weighted by molar-refractivity contribution is 5.70. The molecule has 3 rings (SSSR count). The summed E-state index contributed by atoms with van der Waals surface area (Å²) in [4.78, 5) is 21.9. The van der Waals surface area contributed by atoms with Gasteiger partial charge in [0.1, 0.15) is 0 Å². The van der Waals surface area contributed by atoms with Crippen molar-refractivity contribution in [3.8, 4) is 0 Å². The van der Waals surface area contributed by atoms with Crippen LogP contribution in [0.25, 0.3) is 11.2 Å². The molecule has 0 aliphatic carbocycles. The first kappa shape index (κ1) is 13.0. The number of hydrogen-bond acceptors (Lipinski definition) is 6. The van der Waals surface area contributed by atoms with Gasteiger partial charge >= 0.3 is 0 Å². The molecule has 0 spiro atoms. The van der Waals surface area contributed by atoms with Crippen molar-refractivity contribution < 1.29 is 14.2 Å². The summed E-state index contributed by atoms with van der Waals surface area (Å²) in [5.74, 6) is -0.0819. The number of ether oxygens (including phenoxy) is 1. The molecule has 20 heavy (non-hydrogen) atoms. The van der Waals surface area contributed by atoms with Crippen LogP contribution >= 0.6 is 0 Å². The number of hydrogen-bond donors (Lipinski definition) is 3. The summed E-state index contributed by atoms with van der Waals surface area (Å²) in [7, 11) is 0. The van der Waals surface area contributed by atoms with Crippen molar-refractivity contribution in [2.24, 2.45) is 0 Å². The van der Waals surface area contributed by atoms with Crippen LogP contribution in [0.2, 0.25) is 0 Å². The Labute approximate surface area is 112 Å². The molecule has 1 fully saturated rings. The zero-order valence-corrected chi connectivity index (χ0v) is 10.7. The number of aromatic nitrogens is 4. The molecule has 2 aromatic heterocycles. The topological polar surface area (TPSA) is 119 Å². The summed E-state index contributed by atoms with van der Waals surface area (Å²) in [6.45, 7) is 1.09. The van der Waals surface area contributed by atoms with E-state index in [-0.39, 0.29) is 30.1 Å². The fourth-order valence-electron chi connectivity index (χ4n) is 2.50. The van der Waals surface area contributed by atoms with Crippen LogP contribution < -0.4 is 11.3 Å². The molecule has 9 heteroatoms. The van der Waals surface area contributed by atoms with Gasteiger partial charge in [-0.25, -0.2) is 9.37 Å². The summed E-state index contributed by atoms with van der Waals surface area (Å²) in [6, 6.07) is 0. The number of fused-ring (bicyclic) bond motifs is 1. The van der Waals surface area contributed by atoms with E-state index in [1.165, 1.54) is 17.8 Å². The molecule has 0 amide bonds. The first-order valence-electron chi connectivity index (χ1n) is 6.10. The highest BCUT2D eigenvalue weighted by atomic mass is 19.1. The minimum Gasteiger partial charge on any atom is -0.394 e. The summed E-state index contributed by atoms with van der Waals surface area (Å²) in [5.41, 5.74) is 3.50. The Morgan fingerprint density at radius 1 is 1.75 bits per heavy atom. The molecule has 0 saturated carbocycles. The predicted molar refractivity (Wildman–Crippen MR) is 67.7 cm³/mol. The second kappa shape index (κ2) is 4.25. The number of alkyl halides is 1. The molecule has 4 N–H and O–H groups in total. The highest BCUT2D eigenvalue weighted by Crippen LogP contribution is 2.41. The molecule has 1 aliphatic heterocycles. The van der Waals surface area contributed by atoms with Crippen LogP contribution in [-0.4, -0.2) is 43.0 Å². The van der Waals surface area contributed by atoms with E-state index >= 15 is 0 Å². The van der Waals surface area contributed by atoms with Crippen LogP contribution in [-0.2, 0) is 4.74 Å². The Hall–Kier alpha value is -2.00. The number of halogens is 1. The Kier molecular flexibility index (Phi) is 2.76. The number of nitrogen functional groups attached to an aromatic ring is 1. The molecule has 0 aromatic carbocycles. The van der Waals surface area contributed by atoms with Crippen LogP contribution in [0.3, 0.4) is 0 Å². The van der Waals surface area contributed by atoms with Gasteiger partial charge in [0.05, 0.1) is 19.0 Å². The first-order chi connectivity index (χ1) is 9.42. The molecule has 3 heterocycles. The maximum absolute atomic E-state index is 14.6. The van der Waals surface area contributed by atoms with Gasteiger partial charge in [0.15, 0.2) is 23.1 Å². The molecule has 2 aromatic rings. The van der Waals surface area contributed by atoms with Gasteiger partial charge in [-0.15, -0.1) is 0 Å². The van der Waals surface area contributed by atoms with E-state index < -0.39 is 23.6 Å². The van der Waals surface area contributed by atoms with Crippen LogP contribution in [0.15, 0.2) is 11.1 Å². The average Bonchev–Trinajstić information content (AvgIpc) is 2.89. The van der Waals surface area contributed by atoms with Crippen molar-refractivity contribution in [1.82, 2.24) is 19.5 Å². The maximum atomic E-state index is 14.6. The number of rotatable bonds is 2. The Morgan fingerprint density at radius 2 is 2.50 bits per heavy atom. The van der Waals surface area contributed by atoms with Gasteiger partial charge in [-0.3, -0.25) is 14.3 Å². The van der Waals surface area contributed by atoms with Gasteiger partial charge in [-0.05, 0) is 6.92 Å².